The van der Waals surface area contributed by atoms with Gasteiger partial charge in [0.25, 0.3) is 11.8 Å². The molecule has 8 heteroatoms. The van der Waals surface area contributed by atoms with Crippen LogP contribution in [0.15, 0.2) is 95.7 Å². The van der Waals surface area contributed by atoms with Crippen LogP contribution in [0.1, 0.15) is 15.9 Å². The summed E-state index contributed by atoms with van der Waals surface area (Å²) in [5.41, 5.74) is 1.79. The van der Waals surface area contributed by atoms with Gasteiger partial charge in [-0.1, -0.05) is 59.6 Å². The van der Waals surface area contributed by atoms with Crippen LogP contribution in [0.5, 0.6) is 5.75 Å². The molecule has 4 aromatic carbocycles. The number of carbonyl (C=O) groups is 3. The number of carbonyl (C=O) groups excluding carboxylic acids is 3. The third-order valence-corrected chi connectivity index (χ3v) is 6.36. The van der Waals surface area contributed by atoms with E-state index in [0.29, 0.717) is 33.3 Å². The van der Waals surface area contributed by atoms with E-state index in [-0.39, 0.29) is 10.7 Å². The number of imide groups is 1. The van der Waals surface area contributed by atoms with E-state index in [1.807, 2.05) is 36.4 Å². The van der Waals surface area contributed by atoms with Gasteiger partial charge in [-0.25, -0.2) is 9.69 Å². The number of hydrogen-bond acceptors (Lipinski definition) is 5. The Morgan fingerprint density at radius 1 is 0.861 bits per heavy atom. The highest BCUT2D eigenvalue weighted by Crippen LogP contribution is 2.33. The Kier molecular flexibility index (Phi) is 6.22. The number of amides is 2. The zero-order valence-electron chi connectivity index (χ0n) is 18.9. The second-order valence-corrected chi connectivity index (χ2v) is 8.95. The minimum atomic E-state index is -0.634. The maximum absolute atomic E-state index is 13.0. The number of ether oxygens (including phenoxy) is 1. The van der Waals surface area contributed by atoms with Gasteiger partial charge < -0.3 is 10.1 Å². The summed E-state index contributed by atoms with van der Waals surface area (Å²) in [5, 5.41) is 4.96. The summed E-state index contributed by atoms with van der Waals surface area (Å²) in [5.74, 6) is -1.28. The van der Waals surface area contributed by atoms with Crippen LogP contribution >= 0.6 is 23.2 Å². The van der Waals surface area contributed by atoms with E-state index in [4.69, 9.17) is 27.9 Å². The molecule has 0 aromatic heterocycles. The van der Waals surface area contributed by atoms with Crippen molar-refractivity contribution in [3.05, 3.63) is 112 Å². The topological polar surface area (TPSA) is 75.7 Å². The Bertz CT molecular complexity index is 1570. The molecule has 1 aliphatic heterocycles. The molecule has 0 fully saturated rings. The van der Waals surface area contributed by atoms with Crippen LogP contribution in [-0.2, 0) is 9.59 Å². The predicted molar refractivity (Wildman–Crippen MR) is 141 cm³/mol. The van der Waals surface area contributed by atoms with Crippen molar-refractivity contribution < 1.29 is 19.1 Å². The number of esters is 1. The first-order chi connectivity index (χ1) is 17.3. The molecule has 1 N–H and O–H groups in total. The summed E-state index contributed by atoms with van der Waals surface area (Å²) in [4.78, 5) is 39.5. The smallest absolute Gasteiger partial charge is 0.343 e. The van der Waals surface area contributed by atoms with Crippen LogP contribution in [0, 0.1) is 6.92 Å². The largest absolute Gasteiger partial charge is 0.422 e. The maximum atomic E-state index is 13.0. The van der Waals surface area contributed by atoms with E-state index >= 15 is 0 Å². The lowest BCUT2D eigenvalue weighted by atomic mass is 10.1. The Morgan fingerprint density at radius 2 is 1.58 bits per heavy atom. The second kappa shape index (κ2) is 9.49. The van der Waals surface area contributed by atoms with E-state index in [1.165, 1.54) is 0 Å². The van der Waals surface area contributed by atoms with Gasteiger partial charge >= 0.3 is 5.97 Å². The lowest BCUT2D eigenvalue weighted by Gasteiger charge is -2.17. The molecule has 0 bridgehead atoms. The molecule has 0 saturated heterocycles. The Hall–Kier alpha value is -4.13. The standard InChI is InChI=1S/C28H18Cl2N2O4/c1-16-15-19(29)11-14-22(16)32-26(33)24(30)25(27(32)34)31-20-12-9-18(10-13-20)28(35)36-23-8-4-6-17-5-2-3-7-21(17)23/h2-15,31H,1H3. The highest BCUT2D eigenvalue weighted by Gasteiger charge is 2.39. The van der Waals surface area contributed by atoms with E-state index in [2.05, 4.69) is 5.32 Å². The van der Waals surface area contributed by atoms with Gasteiger partial charge in [0.15, 0.2) is 0 Å². The monoisotopic (exact) mass is 516 g/mol. The van der Waals surface area contributed by atoms with Crippen molar-refractivity contribution >= 4 is 63.1 Å². The Morgan fingerprint density at radius 3 is 2.33 bits per heavy atom. The first kappa shape index (κ1) is 23.6. The van der Waals surface area contributed by atoms with Crippen LogP contribution in [0.25, 0.3) is 10.8 Å². The summed E-state index contributed by atoms with van der Waals surface area (Å²) >= 11 is 12.2. The third-order valence-electron chi connectivity index (χ3n) is 5.77. The van der Waals surface area contributed by atoms with Crippen molar-refractivity contribution in [1.82, 2.24) is 0 Å². The van der Waals surface area contributed by atoms with Crippen molar-refractivity contribution in [1.29, 1.82) is 0 Å². The van der Waals surface area contributed by atoms with Crippen LogP contribution < -0.4 is 15.0 Å². The first-order valence-electron chi connectivity index (χ1n) is 11.0. The van der Waals surface area contributed by atoms with Gasteiger partial charge in [0.05, 0.1) is 11.3 Å². The van der Waals surface area contributed by atoms with Gasteiger partial charge in [0.2, 0.25) is 0 Å². The van der Waals surface area contributed by atoms with E-state index < -0.39 is 17.8 Å². The van der Waals surface area contributed by atoms with Gasteiger partial charge in [0, 0.05) is 16.1 Å². The SMILES string of the molecule is Cc1cc(Cl)ccc1N1C(=O)C(Cl)=C(Nc2ccc(C(=O)Oc3cccc4ccccc34)cc2)C1=O. The molecule has 4 aromatic rings. The first-order valence-corrected chi connectivity index (χ1v) is 11.7. The molecular formula is C28H18Cl2N2O4. The molecule has 0 aliphatic carbocycles. The van der Waals surface area contributed by atoms with E-state index in [9.17, 15) is 14.4 Å². The number of benzene rings is 4. The van der Waals surface area contributed by atoms with Gasteiger partial charge in [-0.05, 0) is 66.4 Å². The summed E-state index contributed by atoms with van der Waals surface area (Å²) in [6.07, 6.45) is 0. The van der Waals surface area contributed by atoms with Gasteiger partial charge in [-0.3, -0.25) is 9.59 Å². The van der Waals surface area contributed by atoms with Crippen LogP contribution in [0.4, 0.5) is 11.4 Å². The average Bonchev–Trinajstić information content (AvgIpc) is 3.08. The van der Waals surface area contributed by atoms with Crippen LogP contribution in [0.2, 0.25) is 5.02 Å². The number of anilines is 2. The number of hydrogen-bond donors (Lipinski definition) is 1. The number of halogens is 2. The van der Waals surface area contributed by atoms with Crippen molar-refractivity contribution in [3.63, 3.8) is 0 Å². The Labute approximate surface area is 216 Å². The van der Waals surface area contributed by atoms with Crippen molar-refractivity contribution in [2.75, 3.05) is 10.2 Å². The quantitative estimate of drug-likeness (QED) is 0.187. The van der Waals surface area contributed by atoms with E-state index in [0.717, 1.165) is 15.7 Å². The maximum Gasteiger partial charge on any atom is 0.343 e. The molecule has 0 spiro atoms. The number of nitrogens with zero attached hydrogens (tertiary/aromatic N) is 1. The average molecular weight is 517 g/mol. The number of nitrogens with one attached hydrogen (secondary N) is 1. The van der Waals surface area contributed by atoms with Gasteiger partial charge in [-0.2, -0.15) is 0 Å². The lowest BCUT2D eigenvalue weighted by molar-refractivity contribution is -0.120. The summed E-state index contributed by atoms with van der Waals surface area (Å²) < 4.78 is 5.61. The Balaban J connectivity index is 1.33. The molecule has 178 valence electrons. The molecule has 2 amide bonds. The highest BCUT2D eigenvalue weighted by molar-refractivity contribution is 6.53. The van der Waals surface area contributed by atoms with E-state index in [1.54, 1.807) is 55.5 Å². The predicted octanol–water partition coefficient (Wildman–Crippen LogP) is 6.46. The molecular weight excluding hydrogens is 499 g/mol. The van der Waals surface area contributed by atoms with Crippen molar-refractivity contribution in [2.24, 2.45) is 0 Å². The highest BCUT2D eigenvalue weighted by atomic mass is 35.5. The fraction of sp³-hybridized carbons (Fsp3) is 0.0357. The molecule has 1 heterocycles. The normalized spacial score (nSPS) is 13.5. The molecule has 5 rings (SSSR count). The van der Waals surface area contributed by atoms with Crippen LogP contribution in [0.3, 0.4) is 0 Å². The zero-order valence-corrected chi connectivity index (χ0v) is 20.4. The molecule has 6 nitrogen and oxygen atoms in total. The molecule has 0 saturated carbocycles. The third kappa shape index (κ3) is 4.33. The molecule has 0 unspecified atom stereocenters. The molecule has 36 heavy (non-hydrogen) atoms. The van der Waals surface area contributed by atoms with Gasteiger partial charge in [0.1, 0.15) is 16.5 Å². The second-order valence-electron chi connectivity index (χ2n) is 8.13. The summed E-state index contributed by atoms with van der Waals surface area (Å²) in [7, 11) is 0. The molecule has 1 aliphatic rings. The zero-order chi connectivity index (χ0) is 25.4. The summed E-state index contributed by atoms with van der Waals surface area (Å²) in [6, 6.07) is 24.3. The number of fused-ring (bicyclic) bond motifs is 1. The number of rotatable bonds is 5. The molecule has 0 radical (unpaired) electrons. The number of aryl methyl sites for hydroxylation is 1. The fourth-order valence-electron chi connectivity index (χ4n) is 3.98. The minimum Gasteiger partial charge on any atom is -0.422 e. The lowest BCUT2D eigenvalue weighted by Crippen LogP contribution is -2.32. The fourth-order valence-corrected chi connectivity index (χ4v) is 4.42. The van der Waals surface area contributed by atoms with Crippen molar-refractivity contribution in [2.45, 2.75) is 6.92 Å². The van der Waals surface area contributed by atoms with Crippen LogP contribution in [-0.4, -0.2) is 17.8 Å². The minimum absolute atomic E-state index is 0.0536. The summed E-state index contributed by atoms with van der Waals surface area (Å²) in [6.45, 7) is 1.75. The molecule has 0 atom stereocenters. The van der Waals surface area contributed by atoms with Gasteiger partial charge in [-0.15, -0.1) is 0 Å². The van der Waals surface area contributed by atoms with Crippen molar-refractivity contribution in [3.8, 4) is 5.75 Å².